The van der Waals surface area contributed by atoms with Gasteiger partial charge in [-0.2, -0.15) is 0 Å². The van der Waals surface area contributed by atoms with Gasteiger partial charge in [0, 0.05) is 18.3 Å². The van der Waals surface area contributed by atoms with Crippen LogP contribution in [0.15, 0.2) is 48.7 Å². The van der Waals surface area contributed by atoms with Crippen LogP contribution in [-0.4, -0.2) is 16.2 Å². The van der Waals surface area contributed by atoms with Crippen LogP contribution in [-0.2, 0) is 12.8 Å². The Morgan fingerprint density at radius 1 is 1.12 bits per heavy atom. The summed E-state index contributed by atoms with van der Waals surface area (Å²) in [6.45, 7) is 2.06. The highest BCUT2D eigenvalue weighted by Crippen LogP contribution is 2.09. The lowest BCUT2D eigenvalue weighted by Crippen LogP contribution is -2.14. The molecule has 0 saturated carbocycles. The molecule has 1 heterocycles. The number of nitrogens with zero attached hydrogens (tertiary/aromatic N) is 1. The lowest BCUT2D eigenvalue weighted by atomic mass is 10.0. The van der Waals surface area contributed by atoms with Crippen LogP contribution in [0, 0.1) is 6.92 Å². The summed E-state index contributed by atoms with van der Waals surface area (Å²) in [5.74, 6) is 0. The summed E-state index contributed by atoms with van der Waals surface area (Å²) >= 11 is 0. The second kappa shape index (κ2) is 5.60. The smallest absolute Gasteiger partial charge is 0.0635 e. The normalized spacial score (nSPS) is 12.4. The molecule has 0 aliphatic rings. The Kier molecular flexibility index (Phi) is 3.89. The number of hydrogen-bond acceptors (Lipinski definition) is 2. The fraction of sp³-hybridized carbons (Fsp3) is 0.267. The molecule has 88 valence electrons. The highest BCUT2D eigenvalue weighted by Gasteiger charge is 2.07. The van der Waals surface area contributed by atoms with Crippen LogP contribution < -0.4 is 0 Å². The van der Waals surface area contributed by atoms with E-state index < -0.39 is 0 Å². The Bertz CT molecular complexity index is 467. The molecule has 0 radical (unpaired) electrons. The van der Waals surface area contributed by atoms with E-state index in [1.165, 1.54) is 11.1 Å². The van der Waals surface area contributed by atoms with E-state index in [1.807, 2.05) is 24.3 Å². The third-order valence-electron chi connectivity index (χ3n) is 2.72. The number of aryl methyl sites for hydroxylation is 1. The van der Waals surface area contributed by atoms with Gasteiger partial charge in [0.15, 0.2) is 0 Å². The van der Waals surface area contributed by atoms with Crippen molar-refractivity contribution in [3.8, 4) is 0 Å². The van der Waals surface area contributed by atoms with E-state index in [-0.39, 0.29) is 6.10 Å². The molecule has 1 aromatic heterocycles. The van der Waals surface area contributed by atoms with Crippen molar-refractivity contribution in [1.29, 1.82) is 0 Å². The number of benzene rings is 1. The number of aliphatic hydroxyl groups excluding tert-OH is 1. The average molecular weight is 227 g/mol. The maximum atomic E-state index is 10.0. The molecule has 1 unspecified atom stereocenters. The average Bonchev–Trinajstić information content (AvgIpc) is 2.30. The highest BCUT2D eigenvalue weighted by atomic mass is 16.3. The Labute approximate surface area is 102 Å². The maximum Gasteiger partial charge on any atom is 0.0635 e. The molecule has 0 amide bonds. The molecule has 1 atom stereocenters. The molecular weight excluding hydrogens is 210 g/mol. The van der Waals surface area contributed by atoms with E-state index >= 15 is 0 Å². The van der Waals surface area contributed by atoms with E-state index in [0.717, 1.165) is 5.69 Å². The Hall–Kier alpha value is -1.67. The fourth-order valence-corrected chi connectivity index (χ4v) is 1.94. The Morgan fingerprint density at radius 2 is 2.00 bits per heavy atom. The van der Waals surface area contributed by atoms with Crippen molar-refractivity contribution >= 4 is 0 Å². The fourth-order valence-electron chi connectivity index (χ4n) is 1.94. The summed E-state index contributed by atoms with van der Waals surface area (Å²) in [5.41, 5.74) is 3.34. The maximum absolute atomic E-state index is 10.0. The van der Waals surface area contributed by atoms with Gasteiger partial charge in [-0.25, -0.2) is 0 Å². The van der Waals surface area contributed by atoms with Crippen LogP contribution in [0.2, 0.25) is 0 Å². The molecule has 0 aliphatic heterocycles. The second-order valence-electron chi connectivity index (χ2n) is 4.37. The minimum atomic E-state index is -0.369. The van der Waals surface area contributed by atoms with Gasteiger partial charge in [0.1, 0.15) is 0 Å². The first-order chi connectivity index (χ1) is 8.24. The predicted molar refractivity (Wildman–Crippen MR) is 68.8 cm³/mol. The van der Waals surface area contributed by atoms with Crippen molar-refractivity contribution in [2.45, 2.75) is 25.9 Å². The summed E-state index contributed by atoms with van der Waals surface area (Å²) in [6.07, 6.45) is 2.67. The summed E-state index contributed by atoms with van der Waals surface area (Å²) < 4.78 is 0. The van der Waals surface area contributed by atoms with E-state index in [4.69, 9.17) is 0 Å². The van der Waals surface area contributed by atoms with E-state index in [2.05, 4.69) is 30.1 Å². The second-order valence-corrected chi connectivity index (χ2v) is 4.37. The minimum absolute atomic E-state index is 0.369. The third-order valence-corrected chi connectivity index (χ3v) is 2.72. The summed E-state index contributed by atoms with van der Waals surface area (Å²) in [6, 6.07) is 14.0. The Morgan fingerprint density at radius 3 is 2.71 bits per heavy atom. The quantitative estimate of drug-likeness (QED) is 0.870. The zero-order valence-corrected chi connectivity index (χ0v) is 10.0. The van der Waals surface area contributed by atoms with Gasteiger partial charge in [0.05, 0.1) is 6.10 Å². The number of hydrogen-bond donors (Lipinski definition) is 1. The van der Waals surface area contributed by atoms with Gasteiger partial charge in [0.2, 0.25) is 0 Å². The van der Waals surface area contributed by atoms with E-state index in [0.29, 0.717) is 12.8 Å². The number of aromatic nitrogens is 1. The number of aliphatic hydroxyl groups is 1. The van der Waals surface area contributed by atoms with Crippen molar-refractivity contribution < 1.29 is 5.11 Å². The molecule has 0 spiro atoms. The topological polar surface area (TPSA) is 33.1 Å². The van der Waals surface area contributed by atoms with Crippen molar-refractivity contribution in [3.05, 3.63) is 65.5 Å². The van der Waals surface area contributed by atoms with Gasteiger partial charge in [-0.3, -0.25) is 4.98 Å². The third kappa shape index (κ3) is 3.68. The molecule has 1 N–H and O–H groups in total. The van der Waals surface area contributed by atoms with E-state index in [9.17, 15) is 5.11 Å². The molecule has 0 saturated heterocycles. The van der Waals surface area contributed by atoms with Gasteiger partial charge < -0.3 is 5.11 Å². The summed E-state index contributed by atoms with van der Waals surface area (Å²) in [5, 5.41) is 10.0. The first-order valence-electron chi connectivity index (χ1n) is 5.87. The van der Waals surface area contributed by atoms with Gasteiger partial charge in [-0.1, -0.05) is 35.9 Å². The minimum Gasteiger partial charge on any atom is -0.392 e. The molecule has 2 aromatic rings. The lowest BCUT2D eigenvalue weighted by molar-refractivity contribution is 0.174. The van der Waals surface area contributed by atoms with Crippen LogP contribution in [0.1, 0.15) is 16.8 Å². The number of rotatable bonds is 4. The van der Waals surface area contributed by atoms with Crippen LogP contribution >= 0.6 is 0 Å². The van der Waals surface area contributed by atoms with Gasteiger partial charge in [-0.15, -0.1) is 0 Å². The molecule has 2 rings (SSSR count). The van der Waals surface area contributed by atoms with Crippen molar-refractivity contribution in [3.63, 3.8) is 0 Å². The van der Waals surface area contributed by atoms with Gasteiger partial charge in [0.25, 0.3) is 0 Å². The monoisotopic (exact) mass is 227 g/mol. The molecule has 1 aromatic carbocycles. The molecular formula is C15H17NO. The first-order valence-corrected chi connectivity index (χ1v) is 5.87. The van der Waals surface area contributed by atoms with Crippen LogP contribution in [0.4, 0.5) is 0 Å². The van der Waals surface area contributed by atoms with Gasteiger partial charge in [-0.05, 0) is 31.0 Å². The zero-order chi connectivity index (χ0) is 12.1. The van der Waals surface area contributed by atoms with Gasteiger partial charge >= 0.3 is 0 Å². The standard InChI is InChI=1S/C15H17NO/c1-12-5-4-6-13(9-12)10-15(17)11-14-7-2-3-8-16-14/h2-9,15,17H,10-11H2,1H3. The number of pyridine rings is 1. The van der Waals surface area contributed by atoms with Crippen molar-refractivity contribution in [2.75, 3.05) is 0 Å². The highest BCUT2D eigenvalue weighted by molar-refractivity contribution is 5.23. The molecule has 0 bridgehead atoms. The Balaban J connectivity index is 1.96. The van der Waals surface area contributed by atoms with Crippen molar-refractivity contribution in [1.82, 2.24) is 4.98 Å². The summed E-state index contributed by atoms with van der Waals surface area (Å²) in [7, 11) is 0. The summed E-state index contributed by atoms with van der Waals surface area (Å²) in [4.78, 5) is 4.22. The zero-order valence-electron chi connectivity index (χ0n) is 10.0. The molecule has 17 heavy (non-hydrogen) atoms. The van der Waals surface area contributed by atoms with Crippen LogP contribution in [0.5, 0.6) is 0 Å². The molecule has 2 heteroatoms. The molecule has 0 fully saturated rings. The lowest BCUT2D eigenvalue weighted by Gasteiger charge is -2.10. The van der Waals surface area contributed by atoms with Crippen LogP contribution in [0.25, 0.3) is 0 Å². The largest absolute Gasteiger partial charge is 0.392 e. The van der Waals surface area contributed by atoms with Crippen molar-refractivity contribution in [2.24, 2.45) is 0 Å². The predicted octanol–water partition coefficient (Wildman–Crippen LogP) is 2.54. The molecule has 2 nitrogen and oxygen atoms in total. The first kappa shape index (κ1) is 11.8. The molecule has 0 aliphatic carbocycles. The SMILES string of the molecule is Cc1cccc(CC(O)Cc2ccccn2)c1. The van der Waals surface area contributed by atoms with Crippen LogP contribution in [0.3, 0.4) is 0 Å². The van der Waals surface area contributed by atoms with E-state index in [1.54, 1.807) is 6.20 Å².